The smallest absolute Gasteiger partial charge is 0.127 e. The van der Waals surface area contributed by atoms with Crippen molar-refractivity contribution in [2.75, 3.05) is 5.32 Å². The van der Waals surface area contributed by atoms with Crippen molar-refractivity contribution in [2.24, 2.45) is 0 Å². The van der Waals surface area contributed by atoms with Gasteiger partial charge in [0.15, 0.2) is 0 Å². The fraction of sp³-hybridized carbons (Fsp3) is 0.273. The second-order valence-electron chi connectivity index (χ2n) is 3.11. The van der Waals surface area contributed by atoms with E-state index in [0.717, 1.165) is 0 Å². The third kappa shape index (κ3) is 2.40. The zero-order chi connectivity index (χ0) is 10.7. The maximum Gasteiger partial charge on any atom is 0.127 e. The lowest BCUT2D eigenvalue weighted by Crippen LogP contribution is -2.12. The Kier molecular flexibility index (Phi) is 3.38. The van der Waals surface area contributed by atoms with Crippen LogP contribution in [0.1, 0.15) is 12.5 Å². The van der Waals surface area contributed by atoms with E-state index < -0.39 is 0 Å². The van der Waals surface area contributed by atoms with Crippen LogP contribution in [-0.4, -0.2) is 6.04 Å². The van der Waals surface area contributed by atoms with Gasteiger partial charge in [0.1, 0.15) is 5.82 Å². The minimum Gasteiger partial charge on any atom is -0.371 e. The summed E-state index contributed by atoms with van der Waals surface area (Å²) in [5, 5.41) is 3.34. The van der Waals surface area contributed by atoms with Crippen LogP contribution < -0.4 is 5.32 Å². The van der Waals surface area contributed by atoms with Crippen molar-refractivity contribution in [3.05, 3.63) is 28.5 Å². The molecule has 0 fully saturated rings. The molecule has 0 aliphatic carbocycles. The Morgan fingerprint density at radius 3 is 2.79 bits per heavy atom. The molecule has 1 atom stereocenters. The molecule has 0 spiro atoms. The molecule has 0 bridgehead atoms. The average Bonchev–Trinajstić information content (AvgIpc) is 2.14. The lowest BCUT2D eigenvalue weighted by Gasteiger charge is -2.12. The fourth-order valence-corrected chi connectivity index (χ4v) is 1.25. The standard InChI is InChI=1S/C11H11ClFN/c1-4-8(3)14-11-5-7(2)10(13)6-9(11)12/h1,5-6,8,14H,2-3H3. The molecule has 0 aliphatic heterocycles. The molecular formula is C11H11ClFN. The van der Waals surface area contributed by atoms with Gasteiger partial charge in [0.25, 0.3) is 0 Å². The van der Waals surface area contributed by atoms with Gasteiger partial charge in [-0.05, 0) is 31.5 Å². The number of hydrogen-bond donors (Lipinski definition) is 1. The van der Waals surface area contributed by atoms with Crippen molar-refractivity contribution in [3.63, 3.8) is 0 Å². The Morgan fingerprint density at radius 2 is 2.21 bits per heavy atom. The van der Waals surface area contributed by atoms with Crippen LogP contribution in [0, 0.1) is 25.1 Å². The van der Waals surface area contributed by atoms with Crippen molar-refractivity contribution >= 4 is 17.3 Å². The van der Waals surface area contributed by atoms with Crippen LogP contribution >= 0.6 is 11.6 Å². The fourth-order valence-electron chi connectivity index (χ4n) is 1.04. The van der Waals surface area contributed by atoms with Crippen molar-refractivity contribution in [3.8, 4) is 12.3 Å². The van der Waals surface area contributed by atoms with Gasteiger partial charge in [-0.25, -0.2) is 4.39 Å². The molecule has 14 heavy (non-hydrogen) atoms. The molecule has 0 saturated carbocycles. The van der Waals surface area contributed by atoms with Gasteiger partial charge in [-0.3, -0.25) is 0 Å². The van der Waals surface area contributed by atoms with Crippen LogP contribution in [0.3, 0.4) is 0 Å². The van der Waals surface area contributed by atoms with Gasteiger partial charge < -0.3 is 5.32 Å². The average molecular weight is 212 g/mol. The summed E-state index contributed by atoms with van der Waals surface area (Å²) >= 11 is 5.83. The van der Waals surface area contributed by atoms with Gasteiger partial charge >= 0.3 is 0 Å². The van der Waals surface area contributed by atoms with E-state index in [1.165, 1.54) is 6.07 Å². The van der Waals surface area contributed by atoms with E-state index in [-0.39, 0.29) is 11.9 Å². The molecule has 1 nitrogen and oxygen atoms in total. The largest absolute Gasteiger partial charge is 0.371 e. The van der Waals surface area contributed by atoms with E-state index in [0.29, 0.717) is 16.3 Å². The predicted molar refractivity (Wildman–Crippen MR) is 58.1 cm³/mol. The first kappa shape index (κ1) is 10.9. The van der Waals surface area contributed by atoms with Crippen LogP contribution in [0.4, 0.5) is 10.1 Å². The van der Waals surface area contributed by atoms with Gasteiger partial charge in [-0.2, -0.15) is 0 Å². The van der Waals surface area contributed by atoms with Crippen molar-refractivity contribution in [1.29, 1.82) is 0 Å². The van der Waals surface area contributed by atoms with Gasteiger partial charge in [0, 0.05) is 0 Å². The molecule has 0 aromatic heterocycles. The monoisotopic (exact) mass is 211 g/mol. The summed E-state index contributed by atoms with van der Waals surface area (Å²) in [6.07, 6.45) is 5.21. The first-order chi connectivity index (χ1) is 6.54. The van der Waals surface area contributed by atoms with E-state index in [9.17, 15) is 4.39 Å². The number of nitrogens with one attached hydrogen (secondary N) is 1. The maximum absolute atomic E-state index is 13.0. The lowest BCUT2D eigenvalue weighted by atomic mass is 10.2. The molecule has 1 aromatic carbocycles. The first-order valence-electron chi connectivity index (χ1n) is 4.23. The topological polar surface area (TPSA) is 12.0 Å². The molecule has 1 N–H and O–H groups in total. The minimum absolute atomic E-state index is 0.127. The summed E-state index contributed by atoms with van der Waals surface area (Å²) < 4.78 is 13.0. The summed E-state index contributed by atoms with van der Waals surface area (Å²) in [5.74, 6) is 2.20. The van der Waals surface area contributed by atoms with Crippen molar-refractivity contribution in [2.45, 2.75) is 19.9 Å². The van der Waals surface area contributed by atoms with E-state index in [4.69, 9.17) is 18.0 Å². The number of halogens is 2. The van der Waals surface area contributed by atoms with Gasteiger partial charge in [0.2, 0.25) is 0 Å². The van der Waals surface area contributed by atoms with Crippen molar-refractivity contribution in [1.82, 2.24) is 0 Å². The minimum atomic E-state index is -0.311. The molecule has 1 rings (SSSR count). The SMILES string of the molecule is C#CC(C)Nc1cc(C)c(F)cc1Cl. The highest BCUT2D eigenvalue weighted by Crippen LogP contribution is 2.25. The Labute approximate surface area is 88.3 Å². The predicted octanol–water partition coefficient (Wildman–Crippen LogP) is 3.22. The van der Waals surface area contributed by atoms with E-state index >= 15 is 0 Å². The molecular weight excluding hydrogens is 201 g/mol. The normalized spacial score (nSPS) is 11.9. The number of rotatable bonds is 2. The third-order valence-corrected chi connectivity index (χ3v) is 2.18. The van der Waals surface area contributed by atoms with Crippen LogP contribution in [-0.2, 0) is 0 Å². The maximum atomic E-state index is 13.0. The molecule has 3 heteroatoms. The Bertz CT molecular complexity index is 382. The second kappa shape index (κ2) is 4.34. The number of terminal acetylenes is 1. The van der Waals surface area contributed by atoms with Crippen LogP contribution in [0.5, 0.6) is 0 Å². The molecule has 74 valence electrons. The van der Waals surface area contributed by atoms with Gasteiger partial charge in [-0.1, -0.05) is 17.5 Å². The summed E-state index contributed by atoms with van der Waals surface area (Å²) in [4.78, 5) is 0. The highest BCUT2D eigenvalue weighted by Gasteiger charge is 2.06. The van der Waals surface area contributed by atoms with Gasteiger partial charge in [-0.15, -0.1) is 6.42 Å². The number of aryl methyl sites for hydroxylation is 1. The highest BCUT2D eigenvalue weighted by molar-refractivity contribution is 6.33. The Balaban J connectivity index is 2.99. The first-order valence-corrected chi connectivity index (χ1v) is 4.60. The summed E-state index contributed by atoms with van der Waals surface area (Å²) in [5.41, 5.74) is 1.21. The summed E-state index contributed by atoms with van der Waals surface area (Å²) in [6.45, 7) is 3.51. The molecule has 0 heterocycles. The van der Waals surface area contributed by atoms with E-state index in [1.54, 1.807) is 13.0 Å². The number of anilines is 1. The van der Waals surface area contributed by atoms with E-state index in [1.807, 2.05) is 6.92 Å². The zero-order valence-electron chi connectivity index (χ0n) is 8.07. The van der Waals surface area contributed by atoms with Crippen molar-refractivity contribution < 1.29 is 4.39 Å². The zero-order valence-corrected chi connectivity index (χ0v) is 8.82. The molecule has 0 amide bonds. The lowest BCUT2D eigenvalue weighted by molar-refractivity contribution is 0.619. The number of hydrogen-bond acceptors (Lipinski definition) is 1. The Hall–Kier alpha value is -1.20. The highest BCUT2D eigenvalue weighted by atomic mass is 35.5. The van der Waals surface area contributed by atoms with Crippen LogP contribution in [0.2, 0.25) is 5.02 Å². The summed E-state index contributed by atoms with van der Waals surface area (Å²) in [6, 6.07) is 2.80. The quantitative estimate of drug-likeness (QED) is 0.741. The second-order valence-corrected chi connectivity index (χ2v) is 3.52. The number of benzene rings is 1. The molecule has 0 radical (unpaired) electrons. The van der Waals surface area contributed by atoms with Gasteiger partial charge in [0.05, 0.1) is 16.8 Å². The molecule has 1 unspecified atom stereocenters. The summed E-state index contributed by atoms with van der Waals surface area (Å²) in [7, 11) is 0. The van der Waals surface area contributed by atoms with Crippen LogP contribution in [0.15, 0.2) is 12.1 Å². The Morgan fingerprint density at radius 1 is 1.57 bits per heavy atom. The molecule has 0 aliphatic rings. The third-order valence-electron chi connectivity index (χ3n) is 1.87. The van der Waals surface area contributed by atoms with E-state index in [2.05, 4.69) is 11.2 Å². The van der Waals surface area contributed by atoms with Crippen LogP contribution in [0.25, 0.3) is 0 Å². The molecule has 0 saturated heterocycles. The molecule has 1 aromatic rings.